The summed E-state index contributed by atoms with van der Waals surface area (Å²) < 4.78 is 10.1. The molecule has 2 rings (SSSR count). The van der Waals surface area contributed by atoms with E-state index in [0.717, 1.165) is 17.9 Å². The van der Waals surface area contributed by atoms with Crippen molar-refractivity contribution >= 4 is 28.1 Å². The third-order valence-corrected chi connectivity index (χ3v) is 3.23. The van der Waals surface area contributed by atoms with Crippen LogP contribution in [0, 0.1) is 0 Å². The lowest BCUT2D eigenvalue weighted by atomic mass is 10.3. The predicted octanol–water partition coefficient (Wildman–Crippen LogP) is 3.46. The van der Waals surface area contributed by atoms with Gasteiger partial charge in [0.05, 0.1) is 13.7 Å². The molecule has 106 valence electrons. The number of esters is 1. The highest BCUT2D eigenvalue weighted by Crippen LogP contribution is 2.23. The molecular formula is C14H16N2O3S. The molecule has 6 heteroatoms. The highest BCUT2D eigenvalue weighted by atomic mass is 32.1. The number of methoxy groups -OCH3 is 1. The van der Waals surface area contributed by atoms with Crippen LogP contribution in [0.1, 0.15) is 23.8 Å². The van der Waals surface area contributed by atoms with Crippen molar-refractivity contribution in [2.75, 3.05) is 19.0 Å². The number of carbonyl (C=O) groups is 1. The molecule has 0 spiro atoms. The summed E-state index contributed by atoms with van der Waals surface area (Å²) in [4.78, 5) is 15.5. The Hall–Kier alpha value is -2.08. The van der Waals surface area contributed by atoms with Crippen LogP contribution in [-0.2, 0) is 4.74 Å². The topological polar surface area (TPSA) is 60.5 Å². The number of hydrogen-bond donors (Lipinski definition) is 1. The number of ether oxygens (including phenoxy) is 2. The van der Waals surface area contributed by atoms with Gasteiger partial charge in [0, 0.05) is 11.1 Å². The van der Waals surface area contributed by atoms with Gasteiger partial charge in [0.25, 0.3) is 0 Å². The zero-order valence-corrected chi connectivity index (χ0v) is 12.2. The molecule has 0 fully saturated rings. The van der Waals surface area contributed by atoms with Crippen molar-refractivity contribution in [3.63, 3.8) is 0 Å². The van der Waals surface area contributed by atoms with Gasteiger partial charge in [-0.15, -0.1) is 11.3 Å². The van der Waals surface area contributed by atoms with Crippen molar-refractivity contribution in [1.29, 1.82) is 0 Å². The van der Waals surface area contributed by atoms with Crippen LogP contribution in [0.5, 0.6) is 5.75 Å². The quantitative estimate of drug-likeness (QED) is 0.826. The summed E-state index contributed by atoms with van der Waals surface area (Å²) in [6.45, 7) is 2.78. The van der Waals surface area contributed by atoms with Gasteiger partial charge in [-0.3, -0.25) is 0 Å². The number of nitrogens with one attached hydrogen (secondary N) is 1. The first-order valence-corrected chi connectivity index (χ1v) is 7.14. The zero-order chi connectivity index (χ0) is 14.4. The minimum absolute atomic E-state index is 0.308. The third kappa shape index (κ3) is 3.71. The van der Waals surface area contributed by atoms with Crippen molar-refractivity contribution in [3.05, 3.63) is 35.3 Å². The molecule has 20 heavy (non-hydrogen) atoms. The first kappa shape index (κ1) is 14.3. The van der Waals surface area contributed by atoms with Gasteiger partial charge < -0.3 is 14.8 Å². The maximum absolute atomic E-state index is 11.3. The molecule has 0 unspecified atom stereocenters. The second-order valence-electron chi connectivity index (χ2n) is 4.03. The lowest BCUT2D eigenvalue weighted by molar-refractivity contribution is 0.0595. The maximum Gasteiger partial charge on any atom is 0.357 e. The number of aromatic nitrogens is 1. The highest BCUT2D eigenvalue weighted by Gasteiger charge is 2.10. The summed E-state index contributed by atoms with van der Waals surface area (Å²) in [5, 5.41) is 5.44. The number of rotatable bonds is 6. The van der Waals surface area contributed by atoms with E-state index in [1.807, 2.05) is 24.3 Å². The van der Waals surface area contributed by atoms with E-state index in [4.69, 9.17) is 4.74 Å². The average Bonchev–Trinajstić information content (AvgIpc) is 2.94. The Morgan fingerprint density at radius 2 is 2.10 bits per heavy atom. The van der Waals surface area contributed by atoms with Crippen molar-refractivity contribution < 1.29 is 14.3 Å². The van der Waals surface area contributed by atoms with E-state index < -0.39 is 5.97 Å². The summed E-state index contributed by atoms with van der Waals surface area (Å²) >= 11 is 1.35. The van der Waals surface area contributed by atoms with Crippen molar-refractivity contribution in [1.82, 2.24) is 4.98 Å². The van der Waals surface area contributed by atoms with Crippen LogP contribution in [0.15, 0.2) is 29.6 Å². The third-order valence-electron chi connectivity index (χ3n) is 2.48. The molecule has 0 atom stereocenters. The Kier molecular flexibility index (Phi) is 4.95. The fourth-order valence-corrected chi connectivity index (χ4v) is 2.21. The normalized spacial score (nSPS) is 10.1. The number of hydrogen-bond acceptors (Lipinski definition) is 6. The number of anilines is 2. The lowest BCUT2D eigenvalue weighted by Crippen LogP contribution is -2.01. The molecule has 5 nitrogen and oxygen atoms in total. The van der Waals surface area contributed by atoms with Crippen LogP contribution >= 0.6 is 11.3 Å². The Morgan fingerprint density at radius 3 is 2.75 bits per heavy atom. The summed E-state index contributed by atoms with van der Waals surface area (Å²) in [6.07, 6.45) is 0.982. The van der Waals surface area contributed by atoms with Crippen molar-refractivity contribution in [2.45, 2.75) is 13.3 Å². The van der Waals surface area contributed by atoms with E-state index >= 15 is 0 Å². The molecule has 1 N–H and O–H groups in total. The fraction of sp³-hybridized carbons (Fsp3) is 0.286. The summed E-state index contributed by atoms with van der Waals surface area (Å²) in [7, 11) is 1.34. The van der Waals surface area contributed by atoms with E-state index in [9.17, 15) is 4.79 Å². The molecule has 0 saturated carbocycles. The standard InChI is InChI=1S/C14H16N2O3S/c1-3-8-19-11-6-4-10(5-7-11)15-14-16-12(9-20-14)13(17)18-2/h4-7,9H,3,8H2,1-2H3,(H,15,16). The molecule has 2 aromatic rings. The molecule has 0 saturated heterocycles. The van der Waals surface area contributed by atoms with Gasteiger partial charge in [0.1, 0.15) is 5.75 Å². The molecule has 1 aromatic carbocycles. The second kappa shape index (κ2) is 6.91. The summed E-state index contributed by atoms with van der Waals surface area (Å²) in [5.74, 6) is 0.407. The number of carbonyl (C=O) groups excluding carboxylic acids is 1. The predicted molar refractivity (Wildman–Crippen MR) is 79.0 cm³/mol. The summed E-state index contributed by atoms with van der Waals surface area (Å²) in [6, 6.07) is 7.61. The number of benzene rings is 1. The van der Waals surface area contributed by atoms with Gasteiger partial charge in [0.15, 0.2) is 10.8 Å². The van der Waals surface area contributed by atoms with Gasteiger partial charge in [0.2, 0.25) is 0 Å². The SMILES string of the molecule is CCCOc1ccc(Nc2nc(C(=O)OC)cs2)cc1. The van der Waals surface area contributed by atoms with Gasteiger partial charge in [-0.05, 0) is 30.7 Å². The molecule has 0 aliphatic rings. The second-order valence-corrected chi connectivity index (χ2v) is 4.89. The minimum atomic E-state index is -0.433. The Morgan fingerprint density at radius 1 is 1.35 bits per heavy atom. The smallest absolute Gasteiger partial charge is 0.357 e. The van der Waals surface area contributed by atoms with Crippen LogP contribution in [0.4, 0.5) is 10.8 Å². The van der Waals surface area contributed by atoms with E-state index in [2.05, 4.69) is 22.0 Å². The van der Waals surface area contributed by atoms with E-state index in [1.54, 1.807) is 5.38 Å². The summed E-state index contributed by atoms with van der Waals surface area (Å²) in [5.41, 5.74) is 1.20. The molecule has 0 bridgehead atoms. The molecule has 1 aromatic heterocycles. The van der Waals surface area contributed by atoms with E-state index in [0.29, 0.717) is 17.4 Å². The molecule has 0 aliphatic heterocycles. The largest absolute Gasteiger partial charge is 0.494 e. The maximum atomic E-state index is 11.3. The molecule has 0 radical (unpaired) electrons. The van der Waals surface area contributed by atoms with E-state index in [-0.39, 0.29) is 0 Å². The Bertz CT molecular complexity index is 566. The fourth-order valence-electron chi connectivity index (χ4n) is 1.51. The van der Waals surface area contributed by atoms with Crippen LogP contribution in [0.3, 0.4) is 0 Å². The number of nitrogens with zero attached hydrogens (tertiary/aromatic N) is 1. The average molecular weight is 292 g/mol. The first-order chi connectivity index (χ1) is 9.72. The molecular weight excluding hydrogens is 276 g/mol. The van der Waals surface area contributed by atoms with Gasteiger partial charge in [-0.25, -0.2) is 9.78 Å². The van der Waals surface area contributed by atoms with Crippen LogP contribution < -0.4 is 10.1 Å². The Balaban J connectivity index is 1.99. The van der Waals surface area contributed by atoms with Crippen LogP contribution in [0.25, 0.3) is 0 Å². The number of thiazole rings is 1. The monoisotopic (exact) mass is 292 g/mol. The van der Waals surface area contributed by atoms with Crippen LogP contribution in [0.2, 0.25) is 0 Å². The molecule has 0 amide bonds. The minimum Gasteiger partial charge on any atom is -0.494 e. The molecule has 0 aliphatic carbocycles. The van der Waals surface area contributed by atoms with E-state index in [1.165, 1.54) is 18.4 Å². The van der Waals surface area contributed by atoms with Crippen LogP contribution in [-0.4, -0.2) is 24.7 Å². The highest BCUT2D eigenvalue weighted by molar-refractivity contribution is 7.14. The first-order valence-electron chi connectivity index (χ1n) is 6.26. The van der Waals surface area contributed by atoms with Crippen molar-refractivity contribution in [3.8, 4) is 5.75 Å². The lowest BCUT2D eigenvalue weighted by Gasteiger charge is -2.06. The molecule has 1 heterocycles. The zero-order valence-electron chi connectivity index (χ0n) is 11.4. The van der Waals surface area contributed by atoms with Gasteiger partial charge >= 0.3 is 5.97 Å². The Labute approximate surface area is 121 Å². The van der Waals surface area contributed by atoms with Gasteiger partial charge in [-0.1, -0.05) is 6.92 Å². The van der Waals surface area contributed by atoms with Crippen molar-refractivity contribution in [2.24, 2.45) is 0 Å². The van der Waals surface area contributed by atoms with Gasteiger partial charge in [-0.2, -0.15) is 0 Å².